The van der Waals surface area contributed by atoms with E-state index in [0.717, 1.165) is 103 Å². The predicted molar refractivity (Wildman–Crippen MR) is 237 cm³/mol. The van der Waals surface area contributed by atoms with Gasteiger partial charge < -0.3 is 18.9 Å². The van der Waals surface area contributed by atoms with Crippen molar-refractivity contribution in [2.24, 2.45) is 0 Å². The van der Waals surface area contributed by atoms with Crippen LogP contribution >= 0.6 is 0 Å². The molecule has 8 heteroatoms. The minimum atomic E-state index is -0.617. The van der Waals surface area contributed by atoms with Crippen molar-refractivity contribution in [3.05, 3.63) is 46.5 Å². The van der Waals surface area contributed by atoms with E-state index in [2.05, 4.69) is 27.7 Å². The van der Waals surface area contributed by atoms with Crippen LogP contribution in [0.3, 0.4) is 0 Å². The topological polar surface area (TPSA) is 105 Å². The maximum Gasteiger partial charge on any atom is 0.338 e. The Balaban J connectivity index is 2.42. The summed E-state index contributed by atoms with van der Waals surface area (Å²) in [6, 6.07) is 6.06. The molecule has 0 saturated heterocycles. The van der Waals surface area contributed by atoms with Gasteiger partial charge in [0.2, 0.25) is 0 Å². The van der Waals surface area contributed by atoms with Gasteiger partial charge in [-0.3, -0.25) is 0 Å². The number of benzene rings is 2. The number of hydrogen-bond donors (Lipinski definition) is 0. The molecular formula is C50H80O8. The first kappa shape index (κ1) is 50.7. The summed E-state index contributed by atoms with van der Waals surface area (Å²) in [4.78, 5) is 55.4. The van der Waals surface area contributed by atoms with E-state index >= 15 is 0 Å². The molecule has 2 aromatic carbocycles. The first-order chi connectivity index (χ1) is 28.4. The van der Waals surface area contributed by atoms with Crippen LogP contribution in [0.5, 0.6) is 0 Å². The van der Waals surface area contributed by atoms with Gasteiger partial charge in [-0.1, -0.05) is 182 Å². The van der Waals surface area contributed by atoms with Crippen molar-refractivity contribution in [2.45, 2.75) is 207 Å². The zero-order chi connectivity index (χ0) is 42.1. The molecule has 0 radical (unpaired) electrons. The SMILES string of the molecule is CCCCCCCCCOC(=O)c1ccc(C(=O)OCCCCCCCCC)c2c(C(=O)OCCCCCCCCC)ccc(C(=O)OCCCCCCCCC)c12. The van der Waals surface area contributed by atoms with Crippen LogP contribution in [0.25, 0.3) is 10.8 Å². The molecule has 0 aromatic heterocycles. The molecule has 2 aromatic rings. The molecule has 58 heavy (non-hydrogen) atoms. The zero-order valence-corrected chi connectivity index (χ0v) is 37.2. The Bertz CT molecular complexity index is 1220. The summed E-state index contributed by atoms with van der Waals surface area (Å²) in [6.45, 7) is 9.70. The van der Waals surface area contributed by atoms with E-state index in [4.69, 9.17) is 18.9 Å². The third-order valence-electron chi connectivity index (χ3n) is 11.0. The zero-order valence-electron chi connectivity index (χ0n) is 37.2. The molecule has 0 aliphatic rings. The van der Waals surface area contributed by atoms with Crippen LogP contribution in [0.15, 0.2) is 24.3 Å². The Morgan fingerprint density at radius 2 is 0.466 bits per heavy atom. The van der Waals surface area contributed by atoms with Gasteiger partial charge in [-0.2, -0.15) is 0 Å². The molecule has 0 atom stereocenters. The lowest BCUT2D eigenvalue weighted by Crippen LogP contribution is -2.17. The molecule has 2 rings (SSSR count). The molecule has 0 aliphatic carbocycles. The Hall–Kier alpha value is -3.42. The summed E-state index contributed by atoms with van der Waals surface area (Å²) in [6.07, 6.45) is 30.1. The highest BCUT2D eigenvalue weighted by atomic mass is 16.5. The minimum absolute atomic E-state index is 0.103. The molecule has 0 unspecified atom stereocenters. The molecule has 0 saturated carbocycles. The highest BCUT2D eigenvalue weighted by Crippen LogP contribution is 2.33. The molecule has 0 amide bonds. The van der Waals surface area contributed by atoms with Crippen molar-refractivity contribution >= 4 is 34.6 Å². The van der Waals surface area contributed by atoms with E-state index in [0.29, 0.717) is 0 Å². The molecule has 8 nitrogen and oxygen atoms in total. The standard InChI is InChI=1S/C50H80O8/c1-5-9-13-17-21-25-29-37-55-47(51)41-33-34-43(49(53)57-39-31-27-23-19-15-11-7-3)46-44(50(54)58-40-32-28-24-20-16-12-8-4)36-35-42(45(41)46)48(52)56-38-30-26-22-18-14-10-6-2/h33-36H,5-32,37-40H2,1-4H3. The summed E-state index contributed by atoms with van der Waals surface area (Å²) in [5.41, 5.74) is 0.412. The average Bonchev–Trinajstić information content (AvgIpc) is 3.23. The second-order valence-corrected chi connectivity index (χ2v) is 16.1. The fraction of sp³-hybridized carbons (Fsp3) is 0.720. The number of ether oxygens (including phenoxy) is 4. The third-order valence-corrected chi connectivity index (χ3v) is 11.0. The van der Waals surface area contributed by atoms with E-state index < -0.39 is 23.9 Å². The van der Waals surface area contributed by atoms with Crippen molar-refractivity contribution in [2.75, 3.05) is 26.4 Å². The highest BCUT2D eigenvalue weighted by molar-refractivity contribution is 6.22. The van der Waals surface area contributed by atoms with Crippen LogP contribution in [0, 0.1) is 0 Å². The maximum atomic E-state index is 13.8. The highest BCUT2D eigenvalue weighted by Gasteiger charge is 2.28. The van der Waals surface area contributed by atoms with E-state index in [-0.39, 0.29) is 59.5 Å². The fourth-order valence-electron chi connectivity index (χ4n) is 7.38. The number of carbonyl (C=O) groups excluding carboxylic acids is 4. The smallest absolute Gasteiger partial charge is 0.338 e. The van der Waals surface area contributed by atoms with Crippen LogP contribution in [-0.4, -0.2) is 50.3 Å². The molecular weight excluding hydrogens is 729 g/mol. The Morgan fingerprint density at radius 1 is 0.293 bits per heavy atom. The van der Waals surface area contributed by atoms with E-state index in [9.17, 15) is 19.2 Å². The molecule has 0 fully saturated rings. The van der Waals surface area contributed by atoms with E-state index in [1.807, 2.05) is 0 Å². The predicted octanol–water partition coefficient (Wildman–Crippen LogP) is 14.5. The van der Waals surface area contributed by atoms with Gasteiger partial charge in [0, 0.05) is 10.8 Å². The number of carbonyl (C=O) groups is 4. The number of esters is 4. The summed E-state index contributed by atoms with van der Waals surface area (Å²) < 4.78 is 23.1. The van der Waals surface area contributed by atoms with Gasteiger partial charge in [0.1, 0.15) is 0 Å². The molecule has 0 N–H and O–H groups in total. The normalized spacial score (nSPS) is 11.2. The lowest BCUT2D eigenvalue weighted by Gasteiger charge is -2.17. The lowest BCUT2D eigenvalue weighted by atomic mass is 9.91. The summed E-state index contributed by atoms with van der Waals surface area (Å²) in [7, 11) is 0. The number of hydrogen-bond acceptors (Lipinski definition) is 8. The third kappa shape index (κ3) is 20.5. The molecule has 0 spiro atoms. The van der Waals surface area contributed by atoms with Gasteiger partial charge >= 0.3 is 23.9 Å². The van der Waals surface area contributed by atoms with E-state index in [1.165, 1.54) is 101 Å². The first-order valence-electron chi connectivity index (χ1n) is 23.7. The Morgan fingerprint density at radius 3 is 0.655 bits per heavy atom. The monoisotopic (exact) mass is 809 g/mol. The first-order valence-corrected chi connectivity index (χ1v) is 23.7. The fourth-order valence-corrected chi connectivity index (χ4v) is 7.38. The molecule has 328 valence electrons. The molecule has 0 heterocycles. The molecule has 0 aliphatic heterocycles. The van der Waals surface area contributed by atoms with Gasteiger partial charge in [-0.25, -0.2) is 19.2 Å². The van der Waals surface area contributed by atoms with Crippen molar-refractivity contribution in [1.29, 1.82) is 0 Å². The number of fused-ring (bicyclic) bond motifs is 1. The van der Waals surface area contributed by atoms with Gasteiger partial charge in [-0.15, -0.1) is 0 Å². The quantitative estimate of drug-likeness (QED) is 0.0381. The van der Waals surface area contributed by atoms with Crippen LogP contribution in [0.1, 0.15) is 249 Å². The van der Waals surface area contributed by atoms with Crippen molar-refractivity contribution < 1.29 is 38.1 Å². The lowest BCUT2D eigenvalue weighted by molar-refractivity contribution is 0.0476. The summed E-state index contributed by atoms with van der Waals surface area (Å²) >= 11 is 0. The van der Waals surface area contributed by atoms with Crippen LogP contribution in [-0.2, 0) is 18.9 Å². The maximum absolute atomic E-state index is 13.8. The van der Waals surface area contributed by atoms with Gasteiger partial charge in [0.05, 0.1) is 48.7 Å². The van der Waals surface area contributed by atoms with Gasteiger partial charge in [-0.05, 0) is 49.9 Å². The van der Waals surface area contributed by atoms with Crippen LogP contribution in [0.4, 0.5) is 0 Å². The van der Waals surface area contributed by atoms with Crippen LogP contribution in [0.2, 0.25) is 0 Å². The largest absolute Gasteiger partial charge is 0.462 e. The van der Waals surface area contributed by atoms with E-state index in [1.54, 1.807) is 0 Å². The average molecular weight is 809 g/mol. The molecule has 0 bridgehead atoms. The Labute approximate surface area is 352 Å². The Kier molecular flexibility index (Phi) is 29.2. The van der Waals surface area contributed by atoms with Crippen molar-refractivity contribution in [3.8, 4) is 0 Å². The van der Waals surface area contributed by atoms with Gasteiger partial charge in [0.25, 0.3) is 0 Å². The summed E-state index contributed by atoms with van der Waals surface area (Å²) in [5.74, 6) is -2.47. The van der Waals surface area contributed by atoms with Crippen molar-refractivity contribution in [3.63, 3.8) is 0 Å². The van der Waals surface area contributed by atoms with Gasteiger partial charge in [0.15, 0.2) is 0 Å². The van der Waals surface area contributed by atoms with Crippen LogP contribution < -0.4 is 0 Å². The number of rotatable bonds is 36. The number of unbranched alkanes of at least 4 members (excludes halogenated alkanes) is 24. The minimum Gasteiger partial charge on any atom is -0.462 e. The second-order valence-electron chi connectivity index (χ2n) is 16.1. The van der Waals surface area contributed by atoms with Crippen molar-refractivity contribution in [1.82, 2.24) is 0 Å². The second kappa shape index (κ2) is 33.4. The summed E-state index contributed by atoms with van der Waals surface area (Å²) in [5, 5.41) is 0.315.